The monoisotopic (exact) mass is 504 g/mol. The number of ether oxygens (including phenoxy) is 1. The second-order valence-electron chi connectivity index (χ2n) is 6.82. The van der Waals surface area contributed by atoms with E-state index in [9.17, 15) is 14.4 Å². The van der Waals surface area contributed by atoms with Crippen LogP contribution < -0.4 is 15.2 Å². The van der Waals surface area contributed by atoms with Crippen LogP contribution in [0.25, 0.3) is 5.69 Å². The molecule has 31 heavy (non-hydrogen) atoms. The summed E-state index contributed by atoms with van der Waals surface area (Å²) < 4.78 is 21.0. The zero-order chi connectivity index (χ0) is 22.0. The van der Waals surface area contributed by atoms with Gasteiger partial charge in [0.25, 0.3) is 5.56 Å². The van der Waals surface area contributed by atoms with Gasteiger partial charge in [-0.1, -0.05) is 11.6 Å². The van der Waals surface area contributed by atoms with Crippen molar-refractivity contribution in [3.05, 3.63) is 68.0 Å². The molecule has 1 aliphatic heterocycles. The molecule has 1 fully saturated rings. The van der Waals surface area contributed by atoms with E-state index < -0.39 is 11.4 Å². The van der Waals surface area contributed by atoms with Gasteiger partial charge in [-0.15, -0.1) is 5.10 Å². The minimum atomic E-state index is -0.540. The van der Waals surface area contributed by atoms with Gasteiger partial charge in [0.2, 0.25) is 11.6 Å². The molecule has 0 amide bonds. The highest BCUT2D eigenvalue weighted by atomic mass is 79.9. The first-order valence-corrected chi connectivity index (χ1v) is 10.5. The normalized spacial score (nSPS) is 14.3. The Bertz CT molecular complexity index is 1210. The van der Waals surface area contributed by atoms with E-state index in [-0.39, 0.29) is 27.7 Å². The SMILES string of the molecule is N#Cc1nn(-c2ccc(Br)c(F)c2)c(=O)cc1OC1CCN(c2ncc(Cl)cn2)CC1. The Morgan fingerprint density at radius 1 is 1.23 bits per heavy atom. The zero-order valence-electron chi connectivity index (χ0n) is 16.0. The van der Waals surface area contributed by atoms with Gasteiger partial charge < -0.3 is 9.64 Å². The van der Waals surface area contributed by atoms with E-state index in [2.05, 4.69) is 31.0 Å². The maximum Gasteiger partial charge on any atom is 0.275 e. The van der Waals surface area contributed by atoms with Crippen molar-refractivity contribution in [1.29, 1.82) is 5.26 Å². The Kier molecular flexibility index (Phi) is 6.15. The first kappa shape index (κ1) is 21.2. The molecule has 0 atom stereocenters. The van der Waals surface area contributed by atoms with Crippen LogP contribution >= 0.6 is 27.5 Å². The standard InChI is InChI=1S/C20H15BrClFN6O2/c21-15-2-1-13(7-16(15)23)29-19(30)8-18(17(9-24)27-29)31-14-3-5-28(6-4-14)20-25-10-12(22)11-26-20/h1-2,7-8,10-11,14H,3-6H2. The van der Waals surface area contributed by atoms with Gasteiger partial charge in [-0.3, -0.25) is 4.79 Å². The van der Waals surface area contributed by atoms with E-state index in [0.717, 1.165) is 10.7 Å². The second kappa shape index (κ2) is 8.99. The largest absolute Gasteiger partial charge is 0.487 e. The van der Waals surface area contributed by atoms with Crippen LogP contribution in [0.15, 0.2) is 45.9 Å². The predicted molar refractivity (Wildman–Crippen MR) is 115 cm³/mol. The van der Waals surface area contributed by atoms with Crippen LogP contribution in [-0.4, -0.2) is 38.9 Å². The fourth-order valence-electron chi connectivity index (χ4n) is 3.23. The summed E-state index contributed by atoms with van der Waals surface area (Å²) in [6, 6.07) is 7.31. The molecule has 1 aliphatic rings. The number of aromatic nitrogens is 4. The third-order valence-corrected chi connectivity index (χ3v) is 5.61. The average Bonchev–Trinajstić information content (AvgIpc) is 2.77. The number of benzene rings is 1. The van der Waals surface area contributed by atoms with Gasteiger partial charge in [0.05, 0.1) is 33.6 Å². The van der Waals surface area contributed by atoms with Crippen LogP contribution in [0.1, 0.15) is 18.5 Å². The Balaban J connectivity index is 1.50. The molecule has 8 nitrogen and oxygen atoms in total. The van der Waals surface area contributed by atoms with Gasteiger partial charge in [-0.2, -0.15) is 9.94 Å². The van der Waals surface area contributed by atoms with E-state index in [1.165, 1.54) is 18.2 Å². The molecule has 0 N–H and O–H groups in total. The highest BCUT2D eigenvalue weighted by molar-refractivity contribution is 9.10. The number of halogens is 3. The van der Waals surface area contributed by atoms with Crippen LogP contribution in [0, 0.1) is 17.1 Å². The van der Waals surface area contributed by atoms with Crippen molar-refractivity contribution in [2.45, 2.75) is 18.9 Å². The first-order valence-electron chi connectivity index (χ1n) is 9.33. The van der Waals surface area contributed by atoms with Crippen molar-refractivity contribution >= 4 is 33.5 Å². The molecule has 2 aromatic heterocycles. The molecule has 4 rings (SSSR count). The van der Waals surface area contributed by atoms with Crippen molar-refractivity contribution in [3.8, 4) is 17.5 Å². The van der Waals surface area contributed by atoms with Crippen LogP contribution in [0.3, 0.4) is 0 Å². The minimum Gasteiger partial charge on any atom is -0.487 e. The Morgan fingerprint density at radius 3 is 2.58 bits per heavy atom. The molecule has 0 saturated carbocycles. The quantitative estimate of drug-likeness (QED) is 0.535. The molecule has 158 valence electrons. The number of anilines is 1. The number of nitriles is 1. The molecule has 11 heteroatoms. The van der Waals surface area contributed by atoms with E-state index in [1.807, 2.05) is 11.0 Å². The molecule has 1 aromatic carbocycles. The summed E-state index contributed by atoms with van der Waals surface area (Å²) in [4.78, 5) is 23.0. The fraction of sp³-hybridized carbons (Fsp3) is 0.250. The van der Waals surface area contributed by atoms with Crippen molar-refractivity contribution in [2.24, 2.45) is 0 Å². The highest BCUT2D eigenvalue weighted by Crippen LogP contribution is 2.23. The Morgan fingerprint density at radius 2 is 1.94 bits per heavy atom. The van der Waals surface area contributed by atoms with Crippen LogP contribution in [-0.2, 0) is 0 Å². The van der Waals surface area contributed by atoms with Gasteiger partial charge >= 0.3 is 0 Å². The summed E-state index contributed by atoms with van der Waals surface area (Å²) in [7, 11) is 0. The summed E-state index contributed by atoms with van der Waals surface area (Å²) in [6.07, 6.45) is 4.20. The summed E-state index contributed by atoms with van der Waals surface area (Å²) in [5, 5.41) is 14.0. The van der Waals surface area contributed by atoms with Gasteiger partial charge in [-0.05, 0) is 28.1 Å². The average molecular weight is 506 g/mol. The fourth-order valence-corrected chi connectivity index (χ4v) is 3.58. The smallest absolute Gasteiger partial charge is 0.275 e. The number of rotatable bonds is 4. The molecule has 1 saturated heterocycles. The maximum atomic E-state index is 13.8. The topological polar surface area (TPSA) is 96.9 Å². The zero-order valence-corrected chi connectivity index (χ0v) is 18.3. The summed E-state index contributed by atoms with van der Waals surface area (Å²) >= 11 is 8.89. The molecule has 0 bridgehead atoms. The van der Waals surface area contributed by atoms with Crippen molar-refractivity contribution in [2.75, 3.05) is 18.0 Å². The van der Waals surface area contributed by atoms with Gasteiger partial charge in [0.15, 0.2) is 5.75 Å². The Labute approximate surface area is 190 Å². The molecule has 3 heterocycles. The van der Waals surface area contributed by atoms with E-state index in [4.69, 9.17) is 16.3 Å². The molecule has 0 unspecified atom stereocenters. The minimum absolute atomic E-state index is 0.0496. The Hall–Kier alpha value is -3.03. The third-order valence-electron chi connectivity index (χ3n) is 4.78. The van der Waals surface area contributed by atoms with E-state index in [1.54, 1.807) is 12.4 Å². The van der Waals surface area contributed by atoms with Crippen molar-refractivity contribution < 1.29 is 9.13 Å². The molecular weight excluding hydrogens is 491 g/mol. The lowest BCUT2D eigenvalue weighted by Gasteiger charge is -2.32. The van der Waals surface area contributed by atoms with Crippen molar-refractivity contribution in [1.82, 2.24) is 19.7 Å². The lowest BCUT2D eigenvalue weighted by atomic mass is 10.1. The van der Waals surface area contributed by atoms with Crippen molar-refractivity contribution in [3.63, 3.8) is 0 Å². The number of piperidine rings is 1. The number of hydrogen-bond donors (Lipinski definition) is 0. The molecular formula is C20H15BrClFN6O2. The van der Waals surface area contributed by atoms with E-state index in [0.29, 0.717) is 36.9 Å². The lowest BCUT2D eigenvalue weighted by molar-refractivity contribution is 0.168. The van der Waals surface area contributed by atoms with Crippen LogP contribution in [0.2, 0.25) is 5.02 Å². The third kappa shape index (κ3) is 4.68. The first-order chi connectivity index (χ1) is 14.9. The summed E-state index contributed by atoms with van der Waals surface area (Å²) in [6.45, 7) is 1.30. The molecule has 0 radical (unpaired) electrons. The predicted octanol–water partition coefficient (Wildman–Crippen LogP) is 3.50. The summed E-state index contributed by atoms with van der Waals surface area (Å²) in [5.41, 5.74) is -0.362. The highest BCUT2D eigenvalue weighted by Gasteiger charge is 2.24. The van der Waals surface area contributed by atoms with Gasteiger partial charge in [0.1, 0.15) is 18.0 Å². The molecule has 3 aromatic rings. The van der Waals surface area contributed by atoms with Gasteiger partial charge in [0, 0.05) is 32.0 Å². The van der Waals surface area contributed by atoms with Crippen LogP contribution in [0.5, 0.6) is 5.75 Å². The molecule has 0 aliphatic carbocycles. The maximum absolute atomic E-state index is 13.8. The second-order valence-corrected chi connectivity index (χ2v) is 8.11. The van der Waals surface area contributed by atoms with Crippen LogP contribution in [0.4, 0.5) is 10.3 Å². The number of nitrogens with zero attached hydrogens (tertiary/aromatic N) is 6. The van der Waals surface area contributed by atoms with Gasteiger partial charge in [-0.25, -0.2) is 14.4 Å². The van der Waals surface area contributed by atoms with E-state index >= 15 is 0 Å². The molecule has 0 spiro atoms. The lowest BCUT2D eigenvalue weighted by Crippen LogP contribution is -2.39. The number of hydrogen-bond acceptors (Lipinski definition) is 7. The summed E-state index contributed by atoms with van der Waals surface area (Å²) in [5.74, 6) is 0.163.